The summed E-state index contributed by atoms with van der Waals surface area (Å²) in [5, 5.41) is 0. The summed E-state index contributed by atoms with van der Waals surface area (Å²) in [6.45, 7) is 8.98. The molecule has 0 bridgehead atoms. The Kier molecular flexibility index (Phi) is 5.83. The Morgan fingerprint density at radius 3 is 2.37 bits per heavy atom. The molecule has 0 aliphatic carbocycles. The first-order chi connectivity index (χ1) is 9.35. The second kappa shape index (κ2) is 7.63. The Hall–Kier alpha value is -0.900. The largest absolute Gasteiger partial charge is 0.330 e. The van der Waals surface area contributed by atoms with Gasteiger partial charge in [-0.15, -0.1) is 0 Å². The number of benzene rings is 1. The number of nitrogens with two attached hydrogens (primary N) is 1. The van der Waals surface area contributed by atoms with Crippen LogP contribution >= 0.6 is 0 Å². The van der Waals surface area contributed by atoms with E-state index in [9.17, 15) is 0 Å². The third kappa shape index (κ3) is 4.03. The van der Waals surface area contributed by atoms with Crippen LogP contribution in [0.1, 0.15) is 31.4 Å². The van der Waals surface area contributed by atoms with Crippen molar-refractivity contribution in [3.63, 3.8) is 0 Å². The van der Waals surface area contributed by atoms with Crippen LogP contribution < -0.4 is 5.73 Å². The second-order valence-corrected chi connectivity index (χ2v) is 5.38. The fourth-order valence-corrected chi connectivity index (χ4v) is 3.01. The minimum Gasteiger partial charge on any atom is -0.330 e. The summed E-state index contributed by atoms with van der Waals surface area (Å²) in [5.74, 6) is 0. The average Bonchev–Trinajstić information content (AvgIpc) is 2.47. The fraction of sp³-hybridized carbons (Fsp3) is 0.625. The molecule has 0 radical (unpaired) electrons. The van der Waals surface area contributed by atoms with Gasteiger partial charge in [-0.1, -0.05) is 37.3 Å². The third-order valence-corrected chi connectivity index (χ3v) is 4.01. The molecule has 2 N–H and O–H groups in total. The summed E-state index contributed by atoms with van der Waals surface area (Å²) in [6.07, 6.45) is 2.31. The Morgan fingerprint density at radius 2 is 1.79 bits per heavy atom. The molecule has 106 valence electrons. The highest BCUT2D eigenvalue weighted by Crippen LogP contribution is 2.24. The van der Waals surface area contributed by atoms with Crippen LogP contribution in [-0.2, 0) is 0 Å². The van der Waals surface area contributed by atoms with Crippen molar-refractivity contribution < 1.29 is 0 Å². The van der Waals surface area contributed by atoms with Crippen molar-refractivity contribution in [1.82, 2.24) is 9.80 Å². The number of nitrogens with zero attached hydrogens (tertiary/aromatic N) is 2. The molecule has 1 aliphatic rings. The predicted molar refractivity (Wildman–Crippen MR) is 81.2 cm³/mol. The summed E-state index contributed by atoms with van der Waals surface area (Å²) in [7, 11) is 0. The van der Waals surface area contributed by atoms with Crippen LogP contribution in [0.15, 0.2) is 30.3 Å². The van der Waals surface area contributed by atoms with E-state index in [2.05, 4.69) is 47.1 Å². The van der Waals surface area contributed by atoms with Crippen molar-refractivity contribution in [2.45, 2.75) is 25.8 Å². The summed E-state index contributed by atoms with van der Waals surface area (Å²) in [4.78, 5) is 5.18. The van der Waals surface area contributed by atoms with Crippen molar-refractivity contribution in [2.75, 3.05) is 39.3 Å². The third-order valence-electron chi connectivity index (χ3n) is 4.01. The van der Waals surface area contributed by atoms with E-state index in [1.54, 1.807) is 0 Å². The van der Waals surface area contributed by atoms with E-state index in [1.807, 2.05) is 0 Å². The lowest BCUT2D eigenvalue weighted by molar-refractivity contribution is 0.0928. The number of rotatable bonds is 6. The zero-order chi connectivity index (χ0) is 13.5. The molecule has 1 aromatic rings. The maximum atomic E-state index is 5.81. The smallest absolute Gasteiger partial charge is 0.0361 e. The summed E-state index contributed by atoms with van der Waals surface area (Å²) in [5.41, 5.74) is 7.23. The molecular weight excluding hydrogens is 234 g/mol. The Morgan fingerprint density at radius 1 is 1.11 bits per heavy atom. The van der Waals surface area contributed by atoms with Gasteiger partial charge >= 0.3 is 0 Å². The van der Waals surface area contributed by atoms with Crippen LogP contribution in [0, 0.1) is 0 Å². The second-order valence-electron chi connectivity index (χ2n) is 5.38. The van der Waals surface area contributed by atoms with Crippen LogP contribution in [-0.4, -0.2) is 49.1 Å². The van der Waals surface area contributed by atoms with Crippen molar-refractivity contribution in [2.24, 2.45) is 5.73 Å². The molecule has 0 saturated carbocycles. The molecule has 1 heterocycles. The number of piperazine rings is 1. The zero-order valence-corrected chi connectivity index (χ0v) is 12.1. The molecule has 2 rings (SSSR count). The monoisotopic (exact) mass is 261 g/mol. The quantitative estimate of drug-likeness (QED) is 0.851. The minimum absolute atomic E-state index is 0.495. The Bertz CT molecular complexity index is 344. The molecule has 1 unspecified atom stereocenters. The predicted octanol–water partition coefficient (Wildman–Crippen LogP) is 2.10. The van der Waals surface area contributed by atoms with Crippen molar-refractivity contribution >= 4 is 0 Å². The lowest BCUT2D eigenvalue weighted by Crippen LogP contribution is -2.48. The highest BCUT2D eigenvalue weighted by Gasteiger charge is 2.23. The van der Waals surface area contributed by atoms with E-state index < -0.39 is 0 Å². The van der Waals surface area contributed by atoms with E-state index in [4.69, 9.17) is 5.73 Å². The molecule has 1 aliphatic heterocycles. The van der Waals surface area contributed by atoms with Gasteiger partial charge in [-0.2, -0.15) is 0 Å². The number of hydrogen-bond acceptors (Lipinski definition) is 3. The molecule has 0 spiro atoms. The van der Waals surface area contributed by atoms with Gasteiger partial charge in [0.05, 0.1) is 0 Å². The summed E-state index contributed by atoms with van der Waals surface area (Å²) < 4.78 is 0. The minimum atomic E-state index is 0.495. The van der Waals surface area contributed by atoms with Gasteiger partial charge in [0, 0.05) is 32.2 Å². The molecule has 1 saturated heterocycles. The van der Waals surface area contributed by atoms with Gasteiger partial charge in [-0.3, -0.25) is 4.90 Å². The van der Waals surface area contributed by atoms with Crippen LogP contribution in [0.5, 0.6) is 0 Å². The molecule has 3 heteroatoms. The highest BCUT2D eigenvalue weighted by atomic mass is 15.3. The Labute approximate surface area is 117 Å². The molecule has 1 fully saturated rings. The molecule has 1 aromatic carbocycles. The molecule has 3 nitrogen and oxygen atoms in total. The van der Waals surface area contributed by atoms with E-state index >= 15 is 0 Å². The first-order valence-electron chi connectivity index (χ1n) is 7.56. The maximum Gasteiger partial charge on any atom is 0.0361 e. The zero-order valence-electron chi connectivity index (χ0n) is 12.1. The first-order valence-corrected chi connectivity index (χ1v) is 7.56. The van der Waals surface area contributed by atoms with Crippen LogP contribution in [0.2, 0.25) is 0 Å². The molecule has 0 aromatic heterocycles. The lowest BCUT2D eigenvalue weighted by atomic mass is 10.0. The van der Waals surface area contributed by atoms with Gasteiger partial charge in [0.15, 0.2) is 0 Å². The number of hydrogen-bond donors (Lipinski definition) is 1. The van der Waals surface area contributed by atoms with E-state index in [1.165, 1.54) is 44.7 Å². The summed E-state index contributed by atoms with van der Waals surface area (Å²) >= 11 is 0. The highest BCUT2D eigenvalue weighted by molar-refractivity contribution is 5.19. The van der Waals surface area contributed by atoms with Crippen molar-refractivity contribution in [3.05, 3.63) is 35.9 Å². The van der Waals surface area contributed by atoms with Crippen molar-refractivity contribution in [1.29, 1.82) is 0 Å². The van der Waals surface area contributed by atoms with Crippen LogP contribution in [0.3, 0.4) is 0 Å². The molecular formula is C16H27N3. The molecule has 0 amide bonds. The maximum absolute atomic E-state index is 5.81. The average molecular weight is 261 g/mol. The van der Waals surface area contributed by atoms with Gasteiger partial charge in [-0.05, 0) is 31.5 Å². The van der Waals surface area contributed by atoms with Gasteiger partial charge in [-0.25, -0.2) is 0 Å². The fourth-order valence-electron chi connectivity index (χ4n) is 3.01. The van der Waals surface area contributed by atoms with E-state index in [0.29, 0.717) is 6.04 Å². The topological polar surface area (TPSA) is 32.5 Å². The summed E-state index contributed by atoms with van der Waals surface area (Å²) in [6, 6.07) is 11.3. The molecule has 19 heavy (non-hydrogen) atoms. The van der Waals surface area contributed by atoms with Gasteiger partial charge < -0.3 is 10.6 Å². The lowest BCUT2D eigenvalue weighted by Gasteiger charge is -2.39. The Balaban J connectivity index is 1.97. The first kappa shape index (κ1) is 14.5. The van der Waals surface area contributed by atoms with Crippen LogP contribution in [0.25, 0.3) is 0 Å². The standard InChI is InChI=1S/C16H27N3/c1-2-10-18-11-13-19(14-12-18)16(8-9-17)15-6-4-3-5-7-15/h3-7,16H,2,8-14,17H2,1H3. The van der Waals surface area contributed by atoms with Gasteiger partial charge in [0.2, 0.25) is 0 Å². The van der Waals surface area contributed by atoms with Crippen LogP contribution in [0.4, 0.5) is 0 Å². The SMILES string of the molecule is CCCN1CCN(C(CCN)c2ccccc2)CC1. The molecule has 1 atom stereocenters. The van der Waals surface area contributed by atoms with Gasteiger partial charge in [0.25, 0.3) is 0 Å². The van der Waals surface area contributed by atoms with Gasteiger partial charge in [0.1, 0.15) is 0 Å². The van der Waals surface area contributed by atoms with Crippen molar-refractivity contribution in [3.8, 4) is 0 Å². The van der Waals surface area contributed by atoms with E-state index in [-0.39, 0.29) is 0 Å². The normalized spacial score (nSPS) is 19.5. The van der Waals surface area contributed by atoms with E-state index in [0.717, 1.165) is 13.0 Å².